The first-order valence-electron chi connectivity index (χ1n) is 10.8. The van der Waals surface area contributed by atoms with E-state index in [1.54, 1.807) is 41.3 Å². The molecule has 0 saturated carbocycles. The molecule has 0 N–H and O–H groups in total. The van der Waals surface area contributed by atoms with Crippen LogP contribution in [0.25, 0.3) is 0 Å². The van der Waals surface area contributed by atoms with Crippen LogP contribution in [0.4, 0.5) is 26.3 Å². The summed E-state index contributed by atoms with van der Waals surface area (Å²) < 4.78 is 90.5. The Kier molecular flexibility index (Phi) is 6.93. The Morgan fingerprint density at radius 2 is 1.60 bits per heavy atom. The summed E-state index contributed by atoms with van der Waals surface area (Å²) in [5.74, 6) is -0.255. The summed E-state index contributed by atoms with van der Waals surface area (Å²) in [5.41, 5.74) is -2.32. The maximum absolute atomic E-state index is 13.2. The number of piperidine rings is 1. The summed E-state index contributed by atoms with van der Waals surface area (Å²) in [7, 11) is 0. The molecule has 2 atom stereocenters. The summed E-state index contributed by atoms with van der Waals surface area (Å²) in [6.45, 7) is -0.0927. The number of rotatable bonds is 5. The summed E-state index contributed by atoms with van der Waals surface area (Å²) >= 11 is 0. The Morgan fingerprint density at radius 1 is 0.943 bits per heavy atom. The molecule has 1 amide bonds. The van der Waals surface area contributed by atoms with Gasteiger partial charge in [0.1, 0.15) is 0 Å². The van der Waals surface area contributed by atoms with Gasteiger partial charge in [0.25, 0.3) is 5.91 Å². The first-order valence-corrected chi connectivity index (χ1v) is 10.8. The van der Waals surface area contributed by atoms with Gasteiger partial charge in [0, 0.05) is 6.54 Å². The molecule has 1 aliphatic rings. The van der Waals surface area contributed by atoms with Crippen molar-refractivity contribution in [3.63, 3.8) is 0 Å². The molecule has 4 nitrogen and oxygen atoms in total. The van der Waals surface area contributed by atoms with Crippen molar-refractivity contribution in [2.24, 2.45) is 0 Å². The van der Waals surface area contributed by atoms with E-state index in [1.807, 2.05) is 0 Å². The Hall–Kier alpha value is -3.27. The number of halogens is 6. The van der Waals surface area contributed by atoms with Crippen LogP contribution < -0.4 is 0 Å². The van der Waals surface area contributed by atoms with Gasteiger partial charge in [-0.25, -0.2) is 0 Å². The average Bonchev–Trinajstić information content (AvgIpc) is 3.36. The van der Waals surface area contributed by atoms with Gasteiger partial charge >= 0.3 is 12.4 Å². The highest BCUT2D eigenvalue weighted by atomic mass is 19.4. The monoisotopic (exact) mass is 497 g/mol. The van der Waals surface area contributed by atoms with E-state index < -0.39 is 42.2 Å². The molecular weight excluding hydrogens is 476 g/mol. The molecule has 0 unspecified atom stereocenters. The highest BCUT2D eigenvalue weighted by Crippen LogP contribution is 2.38. The number of ether oxygens (including phenoxy) is 1. The van der Waals surface area contributed by atoms with Crippen LogP contribution in [-0.4, -0.2) is 23.5 Å². The van der Waals surface area contributed by atoms with Crippen LogP contribution in [0.1, 0.15) is 51.7 Å². The van der Waals surface area contributed by atoms with Crippen LogP contribution in [0.2, 0.25) is 0 Å². The van der Waals surface area contributed by atoms with Crippen molar-refractivity contribution in [2.45, 2.75) is 43.9 Å². The number of benzene rings is 2. The van der Waals surface area contributed by atoms with Crippen molar-refractivity contribution in [3.05, 3.63) is 94.9 Å². The summed E-state index contributed by atoms with van der Waals surface area (Å²) in [5, 5.41) is 0. The van der Waals surface area contributed by atoms with Crippen molar-refractivity contribution >= 4 is 5.91 Å². The second kappa shape index (κ2) is 9.77. The highest BCUT2D eigenvalue weighted by molar-refractivity contribution is 5.91. The van der Waals surface area contributed by atoms with Gasteiger partial charge in [-0.1, -0.05) is 30.3 Å². The predicted molar refractivity (Wildman–Crippen MR) is 113 cm³/mol. The van der Waals surface area contributed by atoms with Gasteiger partial charge in [0.2, 0.25) is 0 Å². The average molecular weight is 497 g/mol. The van der Waals surface area contributed by atoms with Crippen LogP contribution in [0.15, 0.2) is 71.3 Å². The maximum Gasteiger partial charge on any atom is 0.416 e. The van der Waals surface area contributed by atoms with Gasteiger partial charge in [-0.15, -0.1) is 0 Å². The molecule has 2 heterocycles. The van der Waals surface area contributed by atoms with Gasteiger partial charge in [0.15, 0.2) is 5.76 Å². The summed E-state index contributed by atoms with van der Waals surface area (Å²) in [6.07, 6.45) is -8.17. The zero-order valence-corrected chi connectivity index (χ0v) is 18.3. The standard InChI is InChI=1S/C25H21F6NO3/c26-24(27,28)18-12-16(13-19(14-18)25(29,30)31)15-35-20-8-4-10-32(23(33)21-9-5-11-34-21)22(20)17-6-2-1-3-7-17/h1-3,5-7,9,11-14,20,22H,4,8,10,15H2/t20-,22-/m0/s1. The van der Waals surface area contributed by atoms with E-state index in [-0.39, 0.29) is 23.3 Å². The van der Waals surface area contributed by atoms with E-state index in [9.17, 15) is 31.1 Å². The third kappa shape index (κ3) is 5.70. The normalized spacial score (nSPS) is 19.1. The van der Waals surface area contributed by atoms with Crippen molar-refractivity contribution in [1.29, 1.82) is 0 Å². The number of furan rings is 1. The number of nitrogens with zero attached hydrogens (tertiary/aromatic N) is 1. The number of amides is 1. The number of hydrogen-bond donors (Lipinski definition) is 0. The SMILES string of the molecule is O=C(c1ccco1)N1CCC[C@H](OCc2cc(C(F)(F)F)cc(C(F)(F)F)c2)[C@@H]1c1ccccc1. The number of carbonyl (C=O) groups is 1. The fraction of sp³-hybridized carbons (Fsp3) is 0.320. The van der Waals surface area contributed by atoms with E-state index >= 15 is 0 Å². The molecule has 0 spiro atoms. The summed E-state index contributed by atoms with van der Waals surface area (Å²) in [4.78, 5) is 14.7. The van der Waals surface area contributed by atoms with Crippen molar-refractivity contribution in [3.8, 4) is 0 Å². The first kappa shape index (κ1) is 24.8. The van der Waals surface area contributed by atoms with Crippen LogP contribution in [-0.2, 0) is 23.7 Å². The molecule has 0 bridgehead atoms. The van der Waals surface area contributed by atoms with Gasteiger partial charge in [-0.3, -0.25) is 4.79 Å². The zero-order chi connectivity index (χ0) is 25.2. The minimum absolute atomic E-state index is 0.0840. The molecule has 3 aromatic rings. The maximum atomic E-state index is 13.2. The molecule has 1 fully saturated rings. The van der Waals surface area contributed by atoms with Crippen molar-refractivity contribution < 1.29 is 40.3 Å². The highest BCUT2D eigenvalue weighted by Gasteiger charge is 2.39. The Morgan fingerprint density at radius 3 is 2.17 bits per heavy atom. The van der Waals surface area contributed by atoms with E-state index in [4.69, 9.17) is 9.15 Å². The molecule has 35 heavy (non-hydrogen) atoms. The smallest absolute Gasteiger partial charge is 0.416 e. The molecule has 186 valence electrons. The molecule has 0 radical (unpaired) electrons. The second-order valence-corrected chi connectivity index (χ2v) is 8.24. The number of alkyl halides is 6. The molecule has 0 aliphatic carbocycles. The minimum atomic E-state index is -4.94. The lowest BCUT2D eigenvalue weighted by Gasteiger charge is -2.41. The molecule has 4 rings (SSSR count). The van der Waals surface area contributed by atoms with Gasteiger partial charge in [-0.05, 0) is 54.3 Å². The van der Waals surface area contributed by atoms with E-state index in [2.05, 4.69) is 0 Å². The van der Waals surface area contributed by atoms with E-state index in [1.165, 1.54) is 12.3 Å². The van der Waals surface area contributed by atoms with Gasteiger partial charge in [-0.2, -0.15) is 26.3 Å². The Balaban J connectivity index is 1.63. The van der Waals surface area contributed by atoms with Gasteiger partial charge in [0.05, 0.1) is 36.1 Å². The number of carbonyl (C=O) groups excluding carboxylic acids is 1. The van der Waals surface area contributed by atoms with Crippen LogP contribution in [0.3, 0.4) is 0 Å². The fourth-order valence-electron chi connectivity index (χ4n) is 4.26. The van der Waals surface area contributed by atoms with Gasteiger partial charge < -0.3 is 14.1 Å². The number of hydrogen-bond acceptors (Lipinski definition) is 3. The Labute approximate surface area is 197 Å². The van der Waals surface area contributed by atoms with Crippen molar-refractivity contribution in [1.82, 2.24) is 4.90 Å². The third-order valence-electron chi connectivity index (χ3n) is 5.82. The summed E-state index contributed by atoms with van der Waals surface area (Å²) in [6, 6.07) is 12.8. The van der Waals surface area contributed by atoms with E-state index in [0.29, 0.717) is 31.5 Å². The quantitative estimate of drug-likeness (QED) is 0.361. The lowest BCUT2D eigenvalue weighted by atomic mass is 9.92. The predicted octanol–water partition coefficient (Wildman–Crippen LogP) is 6.88. The van der Waals surface area contributed by atoms with Crippen LogP contribution in [0.5, 0.6) is 0 Å². The molecule has 1 aromatic heterocycles. The lowest BCUT2D eigenvalue weighted by molar-refractivity contribution is -0.143. The minimum Gasteiger partial charge on any atom is -0.459 e. The molecule has 1 aliphatic heterocycles. The second-order valence-electron chi connectivity index (χ2n) is 8.24. The molecule has 2 aromatic carbocycles. The molecular formula is C25H21F6NO3. The van der Waals surface area contributed by atoms with Crippen LogP contribution >= 0.6 is 0 Å². The first-order chi connectivity index (χ1) is 16.5. The van der Waals surface area contributed by atoms with Crippen molar-refractivity contribution in [2.75, 3.05) is 6.54 Å². The molecule has 10 heteroatoms. The number of likely N-dealkylation sites (tertiary alicyclic amines) is 1. The van der Waals surface area contributed by atoms with Crippen LogP contribution in [0, 0.1) is 0 Å². The fourth-order valence-corrected chi connectivity index (χ4v) is 4.26. The van der Waals surface area contributed by atoms with E-state index in [0.717, 1.165) is 5.56 Å². The zero-order valence-electron chi connectivity index (χ0n) is 18.3. The largest absolute Gasteiger partial charge is 0.459 e. The lowest BCUT2D eigenvalue weighted by Crippen LogP contribution is -2.46. The molecule has 1 saturated heterocycles. The third-order valence-corrected chi connectivity index (χ3v) is 5.82. The Bertz CT molecular complexity index is 1110. The topological polar surface area (TPSA) is 42.7 Å².